The molecule has 12 nitrogen and oxygen atoms in total. The third-order valence-electron chi connectivity index (χ3n) is 10.1. The molecule has 0 aliphatic carbocycles. The van der Waals surface area contributed by atoms with Gasteiger partial charge in [0, 0.05) is 49.4 Å². The van der Waals surface area contributed by atoms with Gasteiger partial charge < -0.3 is 33.8 Å². The van der Waals surface area contributed by atoms with Gasteiger partial charge in [-0.25, -0.2) is 9.59 Å². The highest BCUT2D eigenvalue weighted by molar-refractivity contribution is 5.94. The highest BCUT2D eigenvalue weighted by atomic mass is 16.6. The molecule has 3 aromatic carbocycles. The van der Waals surface area contributed by atoms with Crippen LogP contribution in [0.1, 0.15) is 56.9 Å². The molecule has 276 valence electrons. The molecule has 3 aliphatic rings. The van der Waals surface area contributed by atoms with Crippen molar-refractivity contribution >= 4 is 34.5 Å². The smallest absolute Gasteiger partial charge is 0.410 e. The molecule has 53 heavy (non-hydrogen) atoms. The highest BCUT2D eigenvalue weighted by Gasteiger charge is 2.36. The first-order valence-electron chi connectivity index (χ1n) is 18.5. The predicted octanol–water partition coefficient (Wildman–Crippen LogP) is 6.71. The van der Waals surface area contributed by atoms with Gasteiger partial charge in [-0.2, -0.15) is 15.2 Å². The third-order valence-corrected chi connectivity index (χ3v) is 10.1. The predicted molar refractivity (Wildman–Crippen MR) is 202 cm³/mol. The molecular weight excluding hydrogens is 670 g/mol. The van der Waals surface area contributed by atoms with Gasteiger partial charge in [-0.3, -0.25) is 0 Å². The van der Waals surface area contributed by atoms with Gasteiger partial charge in [0.05, 0.1) is 36.8 Å². The molecule has 0 N–H and O–H groups in total. The van der Waals surface area contributed by atoms with E-state index in [1.54, 1.807) is 9.80 Å². The Morgan fingerprint density at radius 3 is 2.45 bits per heavy atom. The van der Waals surface area contributed by atoms with E-state index in [0.29, 0.717) is 39.1 Å². The first kappa shape index (κ1) is 35.8. The van der Waals surface area contributed by atoms with Gasteiger partial charge in [0.15, 0.2) is 0 Å². The lowest BCUT2D eigenvalue weighted by Crippen LogP contribution is -2.55. The fourth-order valence-corrected chi connectivity index (χ4v) is 7.52. The Kier molecular flexibility index (Phi) is 10.5. The monoisotopic (exact) mass is 717 g/mol. The summed E-state index contributed by atoms with van der Waals surface area (Å²) < 4.78 is 17.7. The first-order chi connectivity index (χ1) is 25.7. The summed E-state index contributed by atoms with van der Waals surface area (Å²) in [4.78, 5) is 44.2. The van der Waals surface area contributed by atoms with Crippen LogP contribution in [-0.2, 0) is 29.0 Å². The number of hydrogen-bond donors (Lipinski definition) is 0. The van der Waals surface area contributed by atoms with Crippen molar-refractivity contribution in [1.82, 2.24) is 19.8 Å². The summed E-state index contributed by atoms with van der Waals surface area (Å²) in [5, 5.41) is 12.2. The lowest BCUT2D eigenvalue weighted by molar-refractivity contribution is 0.0183. The van der Waals surface area contributed by atoms with E-state index in [9.17, 15) is 14.9 Å². The minimum atomic E-state index is -0.594. The number of amides is 2. The molecule has 4 heterocycles. The van der Waals surface area contributed by atoms with Crippen LogP contribution in [0.15, 0.2) is 72.8 Å². The number of nitriles is 1. The zero-order valence-electron chi connectivity index (χ0n) is 30.7. The fourth-order valence-electron chi connectivity index (χ4n) is 7.52. The van der Waals surface area contributed by atoms with E-state index in [0.717, 1.165) is 47.7 Å². The molecule has 0 radical (unpaired) electrons. The number of ether oxygens (including phenoxy) is 3. The van der Waals surface area contributed by atoms with Crippen molar-refractivity contribution in [2.24, 2.45) is 0 Å². The molecule has 1 aromatic heterocycles. The Labute approximate surface area is 310 Å². The van der Waals surface area contributed by atoms with Gasteiger partial charge in [-0.15, -0.1) is 0 Å². The Bertz CT molecular complexity index is 1970. The minimum Gasteiger partial charge on any atom is -0.461 e. The number of hydrogen-bond acceptors (Lipinski definition) is 10. The molecule has 2 unspecified atom stereocenters. The van der Waals surface area contributed by atoms with Crippen molar-refractivity contribution in [3.63, 3.8) is 0 Å². The molecule has 0 saturated carbocycles. The van der Waals surface area contributed by atoms with Gasteiger partial charge in [0.25, 0.3) is 0 Å². The van der Waals surface area contributed by atoms with E-state index in [-0.39, 0.29) is 43.8 Å². The van der Waals surface area contributed by atoms with E-state index in [1.807, 2.05) is 51.1 Å². The Morgan fingerprint density at radius 1 is 0.868 bits per heavy atom. The third kappa shape index (κ3) is 8.25. The Morgan fingerprint density at radius 2 is 1.64 bits per heavy atom. The van der Waals surface area contributed by atoms with E-state index in [2.05, 4.69) is 58.3 Å². The maximum absolute atomic E-state index is 13.3. The van der Waals surface area contributed by atoms with Crippen LogP contribution < -0.4 is 14.5 Å². The van der Waals surface area contributed by atoms with Crippen LogP contribution in [0.25, 0.3) is 10.8 Å². The minimum absolute atomic E-state index is 0.157. The molecule has 3 aliphatic heterocycles. The Balaban J connectivity index is 1.14. The lowest BCUT2D eigenvalue weighted by Gasteiger charge is -2.42. The van der Waals surface area contributed by atoms with E-state index < -0.39 is 11.7 Å². The summed E-state index contributed by atoms with van der Waals surface area (Å²) in [6.07, 6.45) is 1.76. The highest BCUT2D eigenvalue weighted by Crippen LogP contribution is 2.35. The molecule has 2 saturated heterocycles. The summed E-state index contributed by atoms with van der Waals surface area (Å²) >= 11 is 0. The number of rotatable bonds is 8. The quantitative estimate of drug-likeness (QED) is 0.194. The molecular formula is C41H47N7O5. The number of fused-ring (bicyclic) bond motifs is 2. The van der Waals surface area contributed by atoms with Crippen LogP contribution >= 0.6 is 0 Å². The standard InChI is InChI=1S/C41H47N7O5/c1-41(2,3)53-40(50)47-21-10-15-32(47)28-51-38-43-35-26-45(36-17-9-14-30-13-7-8-16-33(30)36)22-19-34(35)37(44-38)46-23-24-48(31(25-46)18-20-42)39(49)52-27-29-11-5-4-6-12-29/h4-9,11-14,16-17,31-32H,10,15,18-19,21-28H2,1-3H3. The SMILES string of the molecule is CC(C)(C)OC(=O)N1CCCC1COc1nc2c(c(N3CCN(C(=O)OCc4ccccc4)C(CC#N)C3)n1)CCN(c1cccc3ccccc13)C2. The number of nitrogens with zero attached hydrogens (tertiary/aromatic N) is 7. The number of piperazine rings is 1. The maximum Gasteiger partial charge on any atom is 0.410 e. The molecule has 4 aromatic rings. The number of benzene rings is 3. The van der Waals surface area contributed by atoms with Crippen LogP contribution in [0.2, 0.25) is 0 Å². The molecule has 2 amide bonds. The van der Waals surface area contributed by atoms with Crippen molar-refractivity contribution in [1.29, 1.82) is 5.26 Å². The molecule has 12 heteroatoms. The van der Waals surface area contributed by atoms with Crippen molar-refractivity contribution in [2.75, 3.05) is 49.1 Å². The molecule has 0 bridgehead atoms. The summed E-state index contributed by atoms with van der Waals surface area (Å²) in [5.74, 6) is 0.762. The molecule has 2 fully saturated rings. The molecule has 0 spiro atoms. The number of anilines is 2. The Hall–Kier alpha value is -5.57. The van der Waals surface area contributed by atoms with E-state index >= 15 is 0 Å². The number of carbonyl (C=O) groups is 2. The summed E-state index contributed by atoms with van der Waals surface area (Å²) in [6.45, 7) is 9.25. The topological polar surface area (TPSA) is 124 Å². The maximum atomic E-state index is 13.3. The van der Waals surface area contributed by atoms with Crippen molar-refractivity contribution < 1.29 is 23.8 Å². The normalized spacial score (nSPS) is 18.8. The molecule has 7 rings (SSSR count). The largest absolute Gasteiger partial charge is 0.461 e. The fraction of sp³-hybridized carbons (Fsp3) is 0.439. The second-order valence-electron chi connectivity index (χ2n) is 14.9. The second kappa shape index (κ2) is 15.6. The van der Waals surface area contributed by atoms with Gasteiger partial charge in [-0.05, 0) is 57.0 Å². The van der Waals surface area contributed by atoms with Crippen molar-refractivity contribution in [3.05, 3.63) is 89.6 Å². The van der Waals surface area contributed by atoms with Gasteiger partial charge >= 0.3 is 18.2 Å². The van der Waals surface area contributed by atoms with Crippen LogP contribution in [0.3, 0.4) is 0 Å². The van der Waals surface area contributed by atoms with E-state index in [4.69, 9.17) is 24.2 Å². The second-order valence-corrected chi connectivity index (χ2v) is 14.9. The zero-order chi connectivity index (χ0) is 37.0. The van der Waals surface area contributed by atoms with Gasteiger partial charge in [-0.1, -0.05) is 66.7 Å². The summed E-state index contributed by atoms with van der Waals surface area (Å²) in [6, 6.07) is 26.3. The molecule has 2 atom stereocenters. The van der Waals surface area contributed by atoms with Crippen LogP contribution in [0.5, 0.6) is 6.01 Å². The van der Waals surface area contributed by atoms with Gasteiger partial charge in [0.2, 0.25) is 0 Å². The lowest BCUT2D eigenvalue weighted by atomic mass is 10.0. The zero-order valence-corrected chi connectivity index (χ0v) is 30.7. The summed E-state index contributed by atoms with van der Waals surface area (Å²) in [7, 11) is 0. The summed E-state index contributed by atoms with van der Waals surface area (Å²) in [5.41, 5.74) is 3.37. The first-order valence-corrected chi connectivity index (χ1v) is 18.5. The number of likely N-dealkylation sites (tertiary alicyclic amines) is 1. The van der Waals surface area contributed by atoms with Crippen LogP contribution in [0, 0.1) is 11.3 Å². The van der Waals surface area contributed by atoms with Crippen molar-refractivity contribution in [2.45, 2.75) is 77.3 Å². The van der Waals surface area contributed by atoms with E-state index in [1.165, 1.54) is 10.8 Å². The van der Waals surface area contributed by atoms with Crippen LogP contribution in [0.4, 0.5) is 21.1 Å². The average molecular weight is 718 g/mol. The number of carbonyl (C=O) groups excluding carboxylic acids is 2. The van der Waals surface area contributed by atoms with Crippen LogP contribution in [-0.4, -0.2) is 89.0 Å². The van der Waals surface area contributed by atoms with Gasteiger partial charge in [0.1, 0.15) is 24.6 Å². The average Bonchev–Trinajstić information content (AvgIpc) is 3.64. The number of aromatic nitrogens is 2. The van der Waals surface area contributed by atoms with Crippen molar-refractivity contribution in [3.8, 4) is 12.1 Å².